The summed E-state index contributed by atoms with van der Waals surface area (Å²) in [7, 11) is 0. The third kappa shape index (κ3) is 7.54. The third-order valence-corrected chi connectivity index (χ3v) is 4.34. The quantitative estimate of drug-likeness (QED) is 0.369. The summed E-state index contributed by atoms with van der Waals surface area (Å²) < 4.78 is 0. The molecule has 3 heteroatoms. The SMILES string of the molecule is CCCCCCCCCCCC1CCCCN1N=O. The van der Waals surface area contributed by atoms with E-state index in [-0.39, 0.29) is 0 Å². The molecule has 0 aromatic heterocycles. The van der Waals surface area contributed by atoms with Gasteiger partial charge in [-0.2, -0.15) is 0 Å². The number of piperidine rings is 1. The number of nitroso groups, excluding NO2 is 1. The molecule has 0 radical (unpaired) electrons. The van der Waals surface area contributed by atoms with Gasteiger partial charge in [0.15, 0.2) is 0 Å². The van der Waals surface area contributed by atoms with Gasteiger partial charge >= 0.3 is 0 Å². The van der Waals surface area contributed by atoms with Crippen LogP contribution in [0.15, 0.2) is 5.29 Å². The molecular weight excluding hydrogens is 236 g/mol. The van der Waals surface area contributed by atoms with Gasteiger partial charge in [-0.3, -0.25) is 5.01 Å². The van der Waals surface area contributed by atoms with E-state index in [9.17, 15) is 4.91 Å². The number of rotatable bonds is 11. The molecule has 112 valence electrons. The van der Waals surface area contributed by atoms with Crippen LogP contribution in [0.3, 0.4) is 0 Å². The van der Waals surface area contributed by atoms with Crippen molar-refractivity contribution in [3.63, 3.8) is 0 Å². The standard InChI is InChI=1S/C16H32N2O/c1-2-3-4-5-6-7-8-9-10-13-16-14-11-12-15-18(16)17-19/h16H,2-15H2,1H3. The van der Waals surface area contributed by atoms with Gasteiger partial charge in [-0.25, -0.2) is 0 Å². The van der Waals surface area contributed by atoms with Crippen LogP contribution in [0.5, 0.6) is 0 Å². The molecule has 0 aromatic carbocycles. The summed E-state index contributed by atoms with van der Waals surface area (Å²) in [5.41, 5.74) is 0. The van der Waals surface area contributed by atoms with Gasteiger partial charge in [0.25, 0.3) is 0 Å². The van der Waals surface area contributed by atoms with Crippen LogP contribution in [0.4, 0.5) is 0 Å². The Morgan fingerprint density at radius 1 is 0.947 bits per heavy atom. The zero-order chi connectivity index (χ0) is 13.8. The van der Waals surface area contributed by atoms with Crippen LogP contribution < -0.4 is 0 Å². The zero-order valence-corrected chi connectivity index (χ0v) is 12.8. The predicted molar refractivity (Wildman–Crippen MR) is 82.0 cm³/mol. The van der Waals surface area contributed by atoms with Crippen LogP contribution in [0.2, 0.25) is 0 Å². The Labute approximate surface area is 119 Å². The molecule has 1 aliphatic heterocycles. The maximum atomic E-state index is 10.7. The highest BCUT2D eigenvalue weighted by molar-refractivity contribution is 4.73. The fourth-order valence-electron chi connectivity index (χ4n) is 3.08. The summed E-state index contributed by atoms with van der Waals surface area (Å²) in [6.45, 7) is 3.15. The van der Waals surface area contributed by atoms with E-state index < -0.39 is 0 Å². The molecule has 1 heterocycles. The minimum atomic E-state index is 0.441. The highest BCUT2D eigenvalue weighted by Crippen LogP contribution is 2.22. The maximum absolute atomic E-state index is 10.7. The lowest BCUT2D eigenvalue weighted by atomic mass is 9.98. The fourth-order valence-corrected chi connectivity index (χ4v) is 3.08. The molecule has 0 saturated carbocycles. The van der Waals surface area contributed by atoms with E-state index in [1.165, 1.54) is 77.0 Å². The second-order valence-electron chi connectivity index (χ2n) is 6.01. The van der Waals surface area contributed by atoms with Crippen LogP contribution in [-0.4, -0.2) is 17.6 Å². The van der Waals surface area contributed by atoms with Crippen molar-refractivity contribution in [2.45, 2.75) is 96.4 Å². The molecule has 1 aliphatic rings. The van der Waals surface area contributed by atoms with Crippen LogP contribution in [0.1, 0.15) is 90.4 Å². The average Bonchev–Trinajstić information content (AvgIpc) is 2.46. The maximum Gasteiger partial charge on any atom is 0.0526 e. The minimum Gasteiger partial charge on any atom is -0.258 e. The van der Waals surface area contributed by atoms with Crippen molar-refractivity contribution in [2.75, 3.05) is 6.54 Å². The van der Waals surface area contributed by atoms with Gasteiger partial charge in [0, 0.05) is 6.54 Å². The molecule has 1 rings (SSSR count). The Hall–Kier alpha value is -0.600. The molecule has 19 heavy (non-hydrogen) atoms. The first-order valence-electron chi connectivity index (χ1n) is 8.48. The summed E-state index contributed by atoms with van der Waals surface area (Å²) in [5.74, 6) is 0. The number of hydrogen-bond donors (Lipinski definition) is 0. The molecule has 1 saturated heterocycles. The van der Waals surface area contributed by atoms with Crippen molar-refractivity contribution >= 4 is 0 Å². The average molecular weight is 268 g/mol. The van der Waals surface area contributed by atoms with Crippen LogP contribution >= 0.6 is 0 Å². The molecule has 1 atom stereocenters. The topological polar surface area (TPSA) is 32.7 Å². The molecule has 0 aromatic rings. The predicted octanol–water partition coefficient (Wildman–Crippen LogP) is 5.44. The summed E-state index contributed by atoms with van der Waals surface area (Å²) >= 11 is 0. The van der Waals surface area contributed by atoms with Gasteiger partial charge in [0.05, 0.1) is 11.3 Å². The Morgan fingerprint density at radius 3 is 2.21 bits per heavy atom. The molecule has 0 spiro atoms. The van der Waals surface area contributed by atoms with E-state index in [4.69, 9.17) is 0 Å². The van der Waals surface area contributed by atoms with Crippen molar-refractivity contribution in [1.29, 1.82) is 0 Å². The molecule has 1 fully saturated rings. The minimum absolute atomic E-state index is 0.441. The van der Waals surface area contributed by atoms with E-state index in [1.807, 2.05) is 0 Å². The Kier molecular flexibility index (Phi) is 9.74. The van der Waals surface area contributed by atoms with Gasteiger partial charge in [0.1, 0.15) is 0 Å². The molecule has 3 nitrogen and oxygen atoms in total. The van der Waals surface area contributed by atoms with Crippen molar-refractivity contribution < 1.29 is 0 Å². The van der Waals surface area contributed by atoms with E-state index in [0.29, 0.717) is 6.04 Å². The number of nitrogens with zero attached hydrogens (tertiary/aromatic N) is 2. The summed E-state index contributed by atoms with van der Waals surface area (Å²) in [6.07, 6.45) is 17.1. The van der Waals surface area contributed by atoms with Crippen LogP contribution in [0.25, 0.3) is 0 Å². The van der Waals surface area contributed by atoms with Crippen LogP contribution in [0, 0.1) is 4.91 Å². The molecule has 1 unspecified atom stereocenters. The van der Waals surface area contributed by atoms with Crippen molar-refractivity contribution in [1.82, 2.24) is 5.01 Å². The summed E-state index contributed by atoms with van der Waals surface area (Å²) in [5, 5.41) is 4.96. The van der Waals surface area contributed by atoms with E-state index in [2.05, 4.69) is 12.2 Å². The second kappa shape index (κ2) is 11.2. The summed E-state index contributed by atoms with van der Waals surface area (Å²) in [6, 6.07) is 0.441. The largest absolute Gasteiger partial charge is 0.258 e. The molecule has 0 bridgehead atoms. The zero-order valence-electron chi connectivity index (χ0n) is 12.8. The van der Waals surface area contributed by atoms with Crippen molar-refractivity contribution in [3.8, 4) is 0 Å². The third-order valence-electron chi connectivity index (χ3n) is 4.34. The van der Waals surface area contributed by atoms with Gasteiger partial charge < -0.3 is 0 Å². The monoisotopic (exact) mass is 268 g/mol. The Bertz CT molecular complexity index is 221. The van der Waals surface area contributed by atoms with Gasteiger partial charge in [-0.05, 0) is 25.7 Å². The Balaban J connectivity index is 1.91. The van der Waals surface area contributed by atoms with Crippen LogP contribution in [-0.2, 0) is 0 Å². The lowest BCUT2D eigenvalue weighted by molar-refractivity contribution is 0.140. The first-order valence-corrected chi connectivity index (χ1v) is 8.48. The van der Waals surface area contributed by atoms with Crippen molar-refractivity contribution in [3.05, 3.63) is 4.91 Å². The highest BCUT2D eigenvalue weighted by atomic mass is 16.3. The molecule has 0 amide bonds. The van der Waals surface area contributed by atoms with E-state index >= 15 is 0 Å². The second-order valence-corrected chi connectivity index (χ2v) is 6.01. The lowest BCUT2D eigenvalue weighted by Crippen LogP contribution is -2.34. The highest BCUT2D eigenvalue weighted by Gasteiger charge is 2.21. The fraction of sp³-hybridized carbons (Fsp3) is 1.00. The summed E-state index contributed by atoms with van der Waals surface area (Å²) in [4.78, 5) is 10.7. The van der Waals surface area contributed by atoms with Crippen molar-refractivity contribution in [2.24, 2.45) is 5.29 Å². The molecule has 0 aliphatic carbocycles. The Morgan fingerprint density at radius 2 is 1.58 bits per heavy atom. The smallest absolute Gasteiger partial charge is 0.0526 e. The van der Waals surface area contributed by atoms with E-state index in [1.54, 1.807) is 5.01 Å². The lowest BCUT2D eigenvalue weighted by Gasteiger charge is -2.30. The number of unbranched alkanes of at least 4 members (excludes halogenated alkanes) is 8. The first kappa shape index (κ1) is 16.5. The number of hydrogen-bond acceptors (Lipinski definition) is 2. The van der Waals surface area contributed by atoms with Gasteiger partial charge in [-0.15, -0.1) is 4.91 Å². The van der Waals surface area contributed by atoms with Gasteiger partial charge in [-0.1, -0.05) is 64.7 Å². The first-order chi connectivity index (χ1) is 9.38. The normalized spacial score (nSPS) is 19.6. The van der Waals surface area contributed by atoms with E-state index in [0.717, 1.165) is 13.0 Å². The molecule has 0 N–H and O–H groups in total. The van der Waals surface area contributed by atoms with Gasteiger partial charge in [0.2, 0.25) is 0 Å². The molecular formula is C16H32N2O.